The molecule has 1 N–H and O–H groups in total. The average Bonchev–Trinajstić information content (AvgIpc) is 2.91. The van der Waals surface area contributed by atoms with Crippen molar-refractivity contribution in [2.45, 2.75) is 39.8 Å². The monoisotopic (exact) mass is 367 g/mol. The molecule has 1 atom stereocenters. The van der Waals surface area contributed by atoms with Gasteiger partial charge in [-0.15, -0.1) is 0 Å². The van der Waals surface area contributed by atoms with Crippen LogP contribution in [0.4, 0.5) is 4.79 Å². The van der Waals surface area contributed by atoms with Gasteiger partial charge in [-0.1, -0.05) is 6.92 Å². The number of hydrogen-bond donors (Lipinski definition) is 1. The van der Waals surface area contributed by atoms with Crippen LogP contribution < -0.4 is 5.32 Å². The predicted octanol–water partition coefficient (Wildman–Crippen LogP) is 1.33. The number of amides is 1. The molecule has 9 nitrogen and oxygen atoms in total. The topological polar surface area (TPSA) is 87.9 Å². The molecule has 0 bridgehead atoms. The summed E-state index contributed by atoms with van der Waals surface area (Å²) in [7, 11) is 7.30. The van der Waals surface area contributed by atoms with Gasteiger partial charge in [0, 0.05) is 41.3 Å². The summed E-state index contributed by atoms with van der Waals surface area (Å²) in [5.41, 5.74) is -0.489. The maximum Gasteiger partial charge on any atom is 0.410 e. The van der Waals surface area contributed by atoms with Crippen LogP contribution >= 0.6 is 0 Å². The summed E-state index contributed by atoms with van der Waals surface area (Å²) in [6.07, 6.45) is 1.22. The Kier molecular flexibility index (Phi) is 7.85. The smallest absolute Gasteiger partial charge is 0.410 e. The first kappa shape index (κ1) is 21.7. The number of guanidine groups is 1. The van der Waals surface area contributed by atoms with E-state index in [0.717, 1.165) is 11.8 Å². The number of carbonyl (C=O) groups excluding carboxylic acids is 1. The summed E-state index contributed by atoms with van der Waals surface area (Å²) >= 11 is 0. The molecule has 0 saturated carbocycles. The van der Waals surface area contributed by atoms with Gasteiger partial charge in [-0.25, -0.2) is 9.78 Å². The lowest BCUT2D eigenvalue weighted by atomic mass is 10.1. The Morgan fingerprint density at radius 2 is 2.04 bits per heavy atom. The third-order valence-electron chi connectivity index (χ3n) is 3.66. The largest absolute Gasteiger partial charge is 0.444 e. The SMILES string of the molecule is CN=C(NCC(C)CN(C)C(=O)OC(C)(C)C)N(C)Cc1ncnn1C. The minimum atomic E-state index is -0.489. The van der Waals surface area contributed by atoms with Crippen LogP contribution in [0.3, 0.4) is 0 Å². The third kappa shape index (κ3) is 7.28. The van der Waals surface area contributed by atoms with Crippen LogP contribution in [0, 0.1) is 5.92 Å². The van der Waals surface area contributed by atoms with Crippen LogP contribution in [0.1, 0.15) is 33.5 Å². The fourth-order valence-corrected chi connectivity index (χ4v) is 2.35. The zero-order chi connectivity index (χ0) is 19.9. The predicted molar refractivity (Wildman–Crippen MR) is 102 cm³/mol. The van der Waals surface area contributed by atoms with E-state index < -0.39 is 5.60 Å². The summed E-state index contributed by atoms with van der Waals surface area (Å²) in [6.45, 7) is 9.53. The molecule has 1 heterocycles. The molecule has 0 fully saturated rings. The lowest BCUT2D eigenvalue weighted by Gasteiger charge is -2.27. The zero-order valence-electron chi connectivity index (χ0n) is 17.3. The summed E-state index contributed by atoms with van der Waals surface area (Å²) in [5.74, 6) is 1.85. The molecule has 1 aromatic heterocycles. The molecular weight excluding hydrogens is 334 g/mol. The molecular formula is C17H33N7O2. The first-order valence-corrected chi connectivity index (χ1v) is 8.72. The molecule has 1 unspecified atom stereocenters. The van der Waals surface area contributed by atoms with Crippen molar-refractivity contribution in [2.24, 2.45) is 18.0 Å². The van der Waals surface area contributed by atoms with E-state index in [2.05, 4.69) is 27.3 Å². The lowest BCUT2D eigenvalue weighted by molar-refractivity contribution is 0.0277. The standard InChI is InChI=1S/C17H33N7O2/c1-13(10-23(7)16(25)26-17(2,3)4)9-19-15(18-5)22(6)11-14-20-12-21-24(14)8/h12-13H,9-11H2,1-8H3,(H,18,19). The number of nitrogens with zero attached hydrogens (tertiary/aromatic N) is 6. The van der Waals surface area contributed by atoms with Crippen molar-refractivity contribution in [1.82, 2.24) is 29.9 Å². The highest BCUT2D eigenvalue weighted by molar-refractivity contribution is 5.79. The van der Waals surface area contributed by atoms with E-state index in [9.17, 15) is 4.79 Å². The number of hydrogen-bond acceptors (Lipinski definition) is 5. The van der Waals surface area contributed by atoms with Gasteiger partial charge in [0.1, 0.15) is 17.8 Å². The summed E-state index contributed by atoms with van der Waals surface area (Å²) in [5, 5.41) is 7.41. The highest BCUT2D eigenvalue weighted by Gasteiger charge is 2.21. The van der Waals surface area contributed by atoms with Crippen molar-refractivity contribution in [1.29, 1.82) is 0 Å². The van der Waals surface area contributed by atoms with Crippen LogP contribution in [0.15, 0.2) is 11.3 Å². The van der Waals surface area contributed by atoms with Gasteiger partial charge in [0.25, 0.3) is 0 Å². The summed E-state index contributed by atoms with van der Waals surface area (Å²) in [6, 6.07) is 0. The molecule has 1 rings (SSSR count). The van der Waals surface area contributed by atoms with E-state index in [0.29, 0.717) is 19.6 Å². The Labute approximate surface area is 156 Å². The van der Waals surface area contributed by atoms with Gasteiger partial charge in [-0.2, -0.15) is 5.10 Å². The molecule has 0 aliphatic heterocycles. The molecule has 0 saturated heterocycles. The Morgan fingerprint density at radius 1 is 1.38 bits per heavy atom. The van der Waals surface area contributed by atoms with Crippen LogP contribution in [-0.4, -0.2) is 76.5 Å². The maximum absolute atomic E-state index is 12.0. The van der Waals surface area contributed by atoms with E-state index in [1.807, 2.05) is 39.8 Å². The van der Waals surface area contributed by atoms with Crippen LogP contribution in [0.25, 0.3) is 0 Å². The molecule has 0 aliphatic rings. The second-order valence-corrected chi connectivity index (χ2v) is 7.55. The van der Waals surface area contributed by atoms with Crippen LogP contribution in [0.2, 0.25) is 0 Å². The van der Waals surface area contributed by atoms with Crippen molar-refractivity contribution in [3.63, 3.8) is 0 Å². The molecule has 0 spiro atoms. The van der Waals surface area contributed by atoms with E-state index >= 15 is 0 Å². The van der Waals surface area contributed by atoms with Crippen molar-refractivity contribution in [3.05, 3.63) is 12.2 Å². The van der Waals surface area contributed by atoms with Gasteiger partial charge in [-0.05, 0) is 26.7 Å². The fourth-order valence-electron chi connectivity index (χ4n) is 2.35. The van der Waals surface area contributed by atoms with E-state index in [4.69, 9.17) is 4.74 Å². The minimum absolute atomic E-state index is 0.229. The Hall–Kier alpha value is -2.32. The minimum Gasteiger partial charge on any atom is -0.444 e. The van der Waals surface area contributed by atoms with E-state index in [1.54, 1.807) is 23.7 Å². The van der Waals surface area contributed by atoms with Crippen molar-refractivity contribution in [2.75, 3.05) is 34.2 Å². The Bertz CT molecular complexity index is 606. The van der Waals surface area contributed by atoms with Gasteiger partial charge in [0.15, 0.2) is 5.96 Å². The second kappa shape index (κ2) is 9.40. The van der Waals surface area contributed by atoms with Crippen LogP contribution in [0.5, 0.6) is 0 Å². The first-order chi connectivity index (χ1) is 12.0. The maximum atomic E-state index is 12.0. The van der Waals surface area contributed by atoms with Crippen LogP contribution in [-0.2, 0) is 18.3 Å². The van der Waals surface area contributed by atoms with Gasteiger partial charge in [0.05, 0.1) is 6.54 Å². The summed E-state index contributed by atoms with van der Waals surface area (Å²) < 4.78 is 7.11. The number of ether oxygens (including phenoxy) is 1. The Morgan fingerprint density at radius 3 is 2.54 bits per heavy atom. The number of rotatable bonds is 6. The van der Waals surface area contributed by atoms with Crippen molar-refractivity contribution >= 4 is 12.1 Å². The molecule has 1 aromatic rings. The molecule has 9 heteroatoms. The number of carbonyl (C=O) groups is 1. The molecule has 1 amide bonds. The lowest BCUT2D eigenvalue weighted by Crippen LogP contribution is -2.43. The van der Waals surface area contributed by atoms with E-state index in [1.165, 1.54) is 6.33 Å². The second-order valence-electron chi connectivity index (χ2n) is 7.55. The van der Waals surface area contributed by atoms with E-state index in [-0.39, 0.29) is 12.0 Å². The highest BCUT2D eigenvalue weighted by atomic mass is 16.6. The molecule has 26 heavy (non-hydrogen) atoms. The quantitative estimate of drug-likeness (QED) is 0.603. The highest BCUT2D eigenvalue weighted by Crippen LogP contribution is 2.10. The number of aryl methyl sites for hydroxylation is 1. The van der Waals surface area contributed by atoms with Crippen molar-refractivity contribution in [3.8, 4) is 0 Å². The molecule has 0 aromatic carbocycles. The normalized spacial score (nSPS) is 13.3. The number of nitrogens with one attached hydrogen (secondary N) is 1. The van der Waals surface area contributed by atoms with Gasteiger partial charge in [0.2, 0.25) is 0 Å². The fraction of sp³-hybridized carbons (Fsp3) is 0.765. The first-order valence-electron chi connectivity index (χ1n) is 8.72. The Balaban J connectivity index is 2.47. The molecule has 148 valence electrons. The van der Waals surface area contributed by atoms with Gasteiger partial charge in [-0.3, -0.25) is 9.67 Å². The van der Waals surface area contributed by atoms with Gasteiger partial charge >= 0.3 is 6.09 Å². The van der Waals surface area contributed by atoms with Gasteiger partial charge < -0.3 is 19.9 Å². The average molecular weight is 367 g/mol. The summed E-state index contributed by atoms with van der Waals surface area (Å²) in [4.78, 5) is 24.2. The third-order valence-corrected chi connectivity index (χ3v) is 3.66. The zero-order valence-corrected chi connectivity index (χ0v) is 17.3. The number of aliphatic imine (C=N–C) groups is 1. The van der Waals surface area contributed by atoms with Crippen molar-refractivity contribution < 1.29 is 9.53 Å². The molecule has 0 aliphatic carbocycles. The molecule has 0 radical (unpaired) electrons. The number of aromatic nitrogens is 3.